The highest BCUT2D eigenvalue weighted by Gasteiger charge is 2.39. The standard InChI is InChI=1S/C21H24N6O3/c1-26-17-10-22-8-7-14(17)19(25-26)23-9-12-3-2-4-13-15(12)11-27(21(13)30)16-5-6-18(28)24-20(16)29/h2-4,16,22H,5-11H2,1H3,(H,23,25)(H,24,28,29). The predicted molar refractivity (Wildman–Crippen MR) is 108 cm³/mol. The van der Waals surface area contributed by atoms with Gasteiger partial charge in [0, 0.05) is 44.2 Å². The monoisotopic (exact) mass is 408 g/mol. The molecule has 0 aliphatic carbocycles. The van der Waals surface area contributed by atoms with Crippen LogP contribution in [0.15, 0.2) is 18.2 Å². The molecule has 0 saturated carbocycles. The molecule has 2 aromatic rings. The highest BCUT2D eigenvalue weighted by Crippen LogP contribution is 2.30. The topological polar surface area (TPSA) is 108 Å². The number of fused-ring (bicyclic) bond motifs is 2. The lowest BCUT2D eigenvalue weighted by atomic mass is 10.0. The smallest absolute Gasteiger partial charge is 0.255 e. The molecule has 1 saturated heterocycles. The van der Waals surface area contributed by atoms with Crippen LogP contribution in [0.5, 0.6) is 0 Å². The van der Waals surface area contributed by atoms with Gasteiger partial charge < -0.3 is 15.5 Å². The van der Waals surface area contributed by atoms with Crippen LogP contribution >= 0.6 is 0 Å². The van der Waals surface area contributed by atoms with E-state index < -0.39 is 6.04 Å². The molecule has 1 aromatic heterocycles. The molecule has 1 unspecified atom stereocenters. The normalized spacial score (nSPS) is 20.8. The summed E-state index contributed by atoms with van der Waals surface area (Å²) in [5, 5.41) is 13.8. The van der Waals surface area contributed by atoms with Crippen LogP contribution in [0.2, 0.25) is 0 Å². The maximum Gasteiger partial charge on any atom is 0.255 e. The summed E-state index contributed by atoms with van der Waals surface area (Å²) in [5.74, 6) is 0.0700. The minimum absolute atomic E-state index is 0.150. The number of piperidine rings is 1. The van der Waals surface area contributed by atoms with Crippen LogP contribution in [0.25, 0.3) is 0 Å². The molecule has 30 heavy (non-hydrogen) atoms. The third kappa shape index (κ3) is 3.06. The number of aromatic nitrogens is 2. The zero-order valence-corrected chi connectivity index (χ0v) is 16.8. The number of carbonyl (C=O) groups excluding carboxylic acids is 3. The van der Waals surface area contributed by atoms with Gasteiger partial charge in [-0.25, -0.2) is 0 Å². The molecule has 1 atom stereocenters. The van der Waals surface area contributed by atoms with E-state index in [4.69, 9.17) is 0 Å². The number of benzene rings is 1. The number of aryl methyl sites for hydroxylation is 1. The van der Waals surface area contributed by atoms with Gasteiger partial charge >= 0.3 is 0 Å². The third-order valence-corrected chi connectivity index (χ3v) is 6.24. The first kappa shape index (κ1) is 18.8. The first-order chi connectivity index (χ1) is 14.5. The van der Waals surface area contributed by atoms with Crippen molar-refractivity contribution in [2.75, 3.05) is 11.9 Å². The summed E-state index contributed by atoms with van der Waals surface area (Å²) in [4.78, 5) is 38.3. The number of rotatable bonds is 4. The number of amides is 3. The third-order valence-electron chi connectivity index (χ3n) is 6.24. The lowest BCUT2D eigenvalue weighted by molar-refractivity contribution is -0.136. The van der Waals surface area contributed by atoms with Gasteiger partial charge in [0.2, 0.25) is 11.8 Å². The number of anilines is 1. The van der Waals surface area contributed by atoms with Gasteiger partial charge in [-0.2, -0.15) is 5.10 Å². The maximum atomic E-state index is 13.0. The number of hydrogen-bond acceptors (Lipinski definition) is 6. The summed E-state index contributed by atoms with van der Waals surface area (Å²) in [7, 11) is 1.95. The van der Waals surface area contributed by atoms with E-state index in [2.05, 4.69) is 21.0 Å². The van der Waals surface area contributed by atoms with Gasteiger partial charge in [0.1, 0.15) is 6.04 Å². The van der Waals surface area contributed by atoms with Gasteiger partial charge in [0.25, 0.3) is 5.91 Å². The second kappa shape index (κ2) is 7.24. The summed E-state index contributed by atoms with van der Waals surface area (Å²) >= 11 is 0. The Morgan fingerprint density at radius 1 is 1.20 bits per heavy atom. The number of nitrogens with one attached hydrogen (secondary N) is 3. The first-order valence-electron chi connectivity index (χ1n) is 10.3. The minimum atomic E-state index is -0.598. The van der Waals surface area contributed by atoms with E-state index in [0.29, 0.717) is 25.1 Å². The Bertz CT molecular complexity index is 1060. The van der Waals surface area contributed by atoms with Crippen molar-refractivity contribution in [3.63, 3.8) is 0 Å². The maximum absolute atomic E-state index is 13.0. The van der Waals surface area contributed by atoms with Crippen molar-refractivity contribution < 1.29 is 14.4 Å². The average molecular weight is 408 g/mol. The molecule has 3 amide bonds. The molecule has 0 bridgehead atoms. The van der Waals surface area contributed by atoms with Crippen molar-refractivity contribution in [2.24, 2.45) is 7.05 Å². The predicted octanol–water partition coefficient (Wildman–Crippen LogP) is 0.439. The van der Waals surface area contributed by atoms with Crippen LogP contribution in [0, 0.1) is 0 Å². The summed E-state index contributed by atoms with van der Waals surface area (Å²) < 4.78 is 1.91. The second-order valence-corrected chi connectivity index (χ2v) is 8.02. The minimum Gasteiger partial charge on any atom is -0.364 e. The van der Waals surface area contributed by atoms with Gasteiger partial charge in [0.15, 0.2) is 5.82 Å². The van der Waals surface area contributed by atoms with E-state index in [-0.39, 0.29) is 24.1 Å². The lowest BCUT2D eigenvalue weighted by Gasteiger charge is -2.29. The lowest BCUT2D eigenvalue weighted by Crippen LogP contribution is -2.52. The fourth-order valence-corrected chi connectivity index (χ4v) is 4.64. The Morgan fingerprint density at radius 2 is 2.07 bits per heavy atom. The van der Waals surface area contributed by atoms with E-state index in [9.17, 15) is 14.4 Å². The van der Waals surface area contributed by atoms with Crippen LogP contribution in [0.1, 0.15) is 45.6 Å². The highest BCUT2D eigenvalue weighted by atomic mass is 16.2. The molecule has 3 aliphatic heterocycles. The van der Waals surface area contributed by atoms with E-state index >= 15 is 0 Å². The first-order valence-corrected chi connectivity index (χ1v) is 10.3. The number of carbonyl (C=O) groups is 3. The molecule has 0 spiro atoms. The number of nitrogens with zero attached hydrogens (tertiary/aromatic N) is 3. The van der Waals surface area contributed by atoms with Gasteiger partial charge in [0.05, 0.1) is 5.69 Å². The van der Waals surface area contributed by atoms with Crippen LogP contribution in [-0.4, -0.2) is 45.0 Å². The largest absolute Gasteiger partial charge is 0.364 e. The van der Waals surface area contributed by atoms with Crippen LogP contribution in [0.3, 0.4) is 0 Å². The van der Waals surface area contributed by atoms with Gasteiger partial charge in [-0.1, -0.05) is 12.1 Å². The molecule has 3 N–H and O–H groups in total. The molecule has 3 aliphatic rings. The summed E-state index contributed by atoms with van der Waals surface area (Å²) in [6.45, 7) is 2.68. The fourth-order valence-electron chi connectivity index (χ4n) is 4.64. The average Bonchev–Trinajstić information content (AvgIpc) is 3.24. The van der Waals surface area contributed by atoms with Crippen molar-refractivity contribution in [3.05, 3.63) is 46.1 Å². The molecule has 9 heteroatoms. The molecule has 156 valence electrons. The molecule has 1 aromatic carbocycles. The van der Waals surface area contributed by atoms with Crippen molar-refractivity contribution in [1.82, 2.24) is 25.3 Å². The zero-order valence-electron chi connectivity index (χ0n) is 16.8. The Morgan fingerprint density at radius 3 is 2.90 bits per heavy atom. The van der Waals surface area contributed by atoms with E-state index in [0.717, 1.165) is 36.5 Å². The molecular weight excluding hydrogens is 384 g/mol. The molecule has 1 fully saturated rings. The molecule has 0 radical (unpaired) electrons. The van der Waals surface area contributed by atoms with Crippen molar-refractivity contribution in [1.29, 1.82) is 0 Å². The Balaban J connectivity index is 1.36. The van der Waals surface area contributed by atoms with Crippen molar-refractivity contribution in [2.45, 2.75) is 44.9 Å². The summed E-state index contributed by atoms with van der Waals surface area (Å²) in [6, 6.07) is 5.09. The fraction of sp³-hybridized carbons (Fsp3) is 0.429. The Kier molecular flexibility index (Phi) is 4.54. The quantitative estimate of drug-likeness (QED) is 0.634. The second-order valence-electron chi connectivity index (χ2n) is 8.02. The Labute approximate surface area is 173 Å². The molecular formula is C21H24N6O3. The van der Waals surface area contributed by atoms with E-state index in [1.54, 1.807) is 11.0 Å². The highest BCUT2D eigenvalue weighted by molar-refractivity contribution is 6.05. The van der Waals surface area contributed by atoms with Gasteiger partial charge in [-0.3, -0.25) is 24.4 Å². The van der Waals surface area contributed by atoms with Gasteiger partial charge in [-0.15, -0.1) is 0 Å². The van der Waals surface area contributed by atoms with E-state index in [1.807, 2.05) is 23.9 Å². The zero-order chi connectivity index (χ0) is 20.8. The van der Waals surface area contributed by atoms with Crippen LogP contribution < -0.4 is 16.0 Å². The van der Waals surface area contributed by atoms with Crippen LogP contribution in [0.4, 0.5) is 5.82 Å². The summed E-state index contributed by atoms with van der Waals surface area (Å²) in [5.41, 5.74) is 5.02. The molecule has 4 heterocycles. The van der Waals surface area contributed by atoms with Gasteiger partial charge in [-0.05, 0) is 36.6 Å². The van der Waals surface area contributed by atoms with Crippen molar-refractivity contribution >= 4 is 23.5 Å². The molecule has 5 rings (SSSR count). The molecule has 9 nitrogen and oxygen atoms in total. The van der Waals surface area contributed by atoms with Crippen LogP contribution in [-0.2, 0) is 42.7 Å². The Hall–Kier alpha value is -3.20. The SMILES string of the molecule is Cn1nc(NCc2cccc3c2CN(C2CCC(=O)NC2=O)C3=O)c2c1CNCC2. The number of imide groups is 1. The number of hydrogen-bond donors (Lipinski definition) is 3. The van der Waals surface area contributed by atoms with E-state index in [1.165, 1.54) is 11.3 Å². The summed E-state index contributed by atoms with van der Waals surface area (Å²) in [6.07, 6.45) is 1.55. The van der Waals surface area contributed by atoms with Crippen molar-refractivity contribution in [3.8, 4) is 0 Å².